The van der Waals surface area contributed by atoms with Crippen LogP contribution in [0.4, 0.5) is 13.2 Å². The maximum Gasteiger partial charge on any atom is 0.253 e. The quantitative estimate of drug-likeness (QED) is 0.333. The van der Waals surface area contributed by atoms with Gasteiger partial charge < -0.3 is 15.1 Å². The van der Waals surface area contributed by atoms with Crippen LogP contribution in [0.15, 0.2) is 65.1 Å². The van der Waals surface area contributed by atoms with Crippen molar-refractivity contribution in [1.82, 2.24) is 4.90 Å². The fourth-order valence-electron chi connectivity index (χ4n) is 4.38. The average molecular weight is 499 g/mol. The van der Waals surface area contributed by atoms with Gasteiger partial charge in [-0.1, -0.05) is 29.8 Å². The van der Waals surface area contributed by atoms with Crippen molar-refractivity contribution in [2.45, 2.75) is 25.3 Å². The Balaban J connectivity index is 1.50. The lowest BCUT2D eigenvalue weighted by Crippen LogP contribution is -2.42. The van der Waals surface area contributed by atoms with Gasteiger partial charge in [0.1, 0.15) is 17.2 Å². The van der Waals surface area contributed by atoms with Crippen LogP contribution in [0, 0.1) is 5.82 Å². The van der Waals surface area contributed by atoms with Crippen LogP contribution in [0.2, 0.25) is 5.02 Å². The van der Waals surface area contributed by atoms with E-state index in [0.717, 1.165) is 22.1 Å². The number of likely N-dealkylation sites (tertiary alicyclic amines) is 1. The van der Waals surface area contributed by atoms with Crippen LogP contribution >= 0.6 is 11.6 Å². The first-order valence-corrected chi connectivity index (χ1v) is 11.6. The first-order chi connectivity index (χ1) is 16.7. The van der Waals surface area contributed by atoms with Gasteiger partial charge in [-0.25, -0.2) is 13.2 Å². The van der Waals surface area contributed by atoms with Crippen molar-refractivity contribution in [2.24, 2.45) is 5.73 Å². The number of nitrogens with two attached hydrogens (primary N) is 1. The maximum atomic E-state index is 13.8. The molecule has 1 aromatic heterocycles. The molecule has 1 saturated heterocycles. The van der Waals surface area contributed by atoms with Crippen molar-refractivity contribution in [3.05, 3.63) is 82.8 Å². The van der Waals surface area contributed by atoms with Gasteiger partial charge in [-0.05, 0) is 59.2 Å². The molecule has 2 N–H and O–H groups in total. The average Bonchev–Trinajstić information content (AvgIpc) is 3.28. The molecule has 1 fully saturated rings. The van der Waals surface area contributed by atoms with Crippen molar-refractivity contribution >= 4 is 28.5 Å². The van der Waals surface area contributed by atoms with E-state index in [1.165, 1.54) is 11.0 Å². The lowest BCUT2D eigenvalue weighted by Gasteiger charge is -2.31. The molecule has 0 atom stereocenters. The summed E-state index contributed by atoms with van der Waals surface area (Å²) >= 11 is 6.03. The van der Waals surface area contributed by atoms with E-state index in [0.29, 0.717) is 22.5 Å². The monoisotopic (exact) mass is 498 g/mol. The number of benzene rings is 3. The molecule has 35 heavy (non-hydrogen) atoms. The van der Waals surface area contributed by atoms with Crippen molar-refractivity contribution < 1.29 is 22.4 Å². The highest BCUT2D eigenvalue weighted by Crippen LogP contribution is 2.37. The van der Waals surface area contributed by atoms with Gasteiger partial charge in [0.2, 0.25) is 0 Å². The van der Waals surface area contributed by atoms with E-state index in [2.05, 4.69) is 0 Å². The fourth-order valence-corrected chi connectivity index (χ4v) is 4.56. The Morgan fingerprint density at radius 3 is 2.31 bits per heavy atom. The number of carbonyl (C=O) groups excluding carboxylic acids is 1. The third-order valence-corrected chi connectivity index (χ3v) is 6.64. The summed E-state index contributed by atoms with van der Waals surface area (Å²) in [4.78, 5) is 14.2. The number of hydrogen-bond donors (Lipinski definition) is 1. The lowest BCUT2D eigenvalue weighted by atomic mass is 9.96. The van der Waals surface area contributed by atoms with Crippen LogP contribution in [-0.4, -0.2) is 29.8 Å². The minimum atomic E-state index is -2.71. The number of furan rings is 1. The molecule has 0 spiro atoms. The molecular weight excluding hydrogens is 477 g/mol. The number of halogens is 4. The third kappa shape index (κ3) is 4.66. The highest BCUT2D eigenvalue weighted by Gasteiger charge is 2.35. The molecular formula is C27H22ClF3N2O2. The highest BCUT2D eigenvalue weighted by molar-refractivity contribution is 6.31. The molecule has 5 rings (SSSR count). The number of amides is 1. The minimum absolute atomic E-state index is 0.00463. The van der Waals surface area contributed by atoms with Crippen molar-refractivity contribution in [1.29, 1.82) is 0 Å². The highest BCUT2D eigenvalue weighted by atomic mass is 35.5. The molecule has 4 nitrogen and oxygen atoms in total. The van der Waals surface area contributed by atoms with E-state index in [4.69, 9.17) is 21.8 Å². The van der Waals surface area contributed by atoms with Crippen LogP contribution in [-0.2, 0) is 6.54 Å². The summed E-state index contributed by atoms with van der Waals surface area (Å²) in [5.41, 5.74) is 9.96. The molecule has 0 bridgehead atoms. The van der Waals surface area contributed by atoms with Gasteiger partial charge in [0, 0.05) is 42.4 Å². The molecule has 3 aromatic carbocycles. The number of alkyl halides is 2. The number of fused-ring (bicyclic) bond motifs is 1. The van der Waals surface area contributed by atoms with Crippen LogP contribution in [0.5, 0.6) is 0 Å². The van der Waals surface area contributed by atoms with Crippen molar-refractivity contribution in [2.75, 3.05) is 13.1 Å². The standard InChI is InChI=1S/C27H22ClF3N2O2/c28-23-14-18(5-6-24(23)29)22-13-19(11-20-12-21(15-32)35-25(20)22)16-1-3-17(4-2-16)26(34)33-9-7-27(30,31)8-10-33/h1-6,11-14H,7-10,15,32H2. The number of hydrogen-bond acceptors (Lipinski definition) is 3. The Morgan fingerprint density at radius 2 is 1.66 bits per heavy atom. The van der Waals surface area contributed by atoms with Crippen LogP contribution in [0.25, 0.3) is 33.2 Å². The predicted octanol–water partition coefficient (Wildman–Crippen LogP) is 6.89. The SMILES string of the molecule is NCc1cc2cc(-c3ccc(C(=O)N4CCC(F)(F)CC4)cc3)cc(-c3ccc(F)c(Cl)c3)c2o1. The molecule has 1 amide bonds. The Labute approximate surface area is 205 Å². The van der Waals surface area contributed by atoms with E-state index < -0.39 is 11.7 Å². The largest absolute Gasteiger partial charge is 0.459 e. The summed E-state index contributed by atoms with van der Waals surface area (Å²) in [6.45, 7) is 0.308. The van der Waals surface area contributed by atoms with Crippen LogP contribution < -0.4 is 5.73 Å². The molecule has 4 aromatic rings. The predicted molar refractivity (Wildman–Crippen MR) is 130 cm³/mol. The minimum Gasteiger partial charge on any atom is -0.459 e. The topological polar surface area (TPSA) is 59.5 Å². The van der Waals surface area contributed by atoms with Crippen molar-refractivity contribution in [3.8, 4) is 22.3 Å². The summed E-state index contributed by atoms with van der Waals surface area (Å²) in [5, 5.41) is 0.831. The van der Waals surface area contributed by atoms with Gasteiger partial charge in [0.25, 0.3) is 11.8 Å². The second-order valence-electron chi connectivity index (χ2n) is 8.71. The Bertz CT molecular complexity index is 1410. The van der Waals surface area contributed by atoms with Gasteiger partial charge in [-0.15, -0.1) is 0 Å². The zero-order valence-corrected chi connectivity index (χ0v) is 19.4. The van der Waals surface area contributed by atoms with E-state index >= 15 is 0 Å². The molecule has 0 unspecified atom stereocenters. The zero-order chi connectivity index (χ0) is 24.7. The summed E-state index contributed by atoms with van der Waals surface area (Å²) < 4.78 is 46.6. The number of carbonyl (C=O) groups is 1. The number of rotatable bonds is 4. The zero-order valence-electron chi connectivity index (χ0n) is 18.7. The molecule has 8 heteroatoms. The second kappa shape index (κ2) is 9.06. The summed E-state index contributed by atoms with van der Waals surface area (Å²) in [5.74, 6) is -2.86. The van der Waals surface area contributed by atoms with E-state index in [1.807, 2.05) is 30.3 Å². The second-order valence-corrected chi connectivity index (χ2v) is 9.12. The summed E-state index contributed by atoms with van der Waals surface area (Å²) in [6.07, 6.45) is -0.634. The molecule has 180 valence electrons. The first kappa shape index (κ1) is 23.5. The summed E-state index contributed by atoms with van der Waals surface area (Å²) in [6, 6.07) is 17.2. The molecule has 1 aliphatic heterocycles. The van der Waals surface area contributed by atoms with Gasteiger partial charge in [0.05, 0.1) is 11.6 Å². The lowest BCUT2D eigenvalue weighted by molar-refractivity contribution is -0.0494. The van der Waals surface area contributed by atoms with E-state index in [9.17, 15) is 18.0 Å². The van der Waals surface area contributed by atoms with Gasteiger partial charge in [0.15, 0.2) is 0 Å². The smallest absolute Gasteiger partial charge is 0.253 e. The van der Waals surface area contributed by atoms with Gasteiger partial charge in [-0.3, -0.25) is 4.79 Å². The number of piperidine rings is 1. The van der Waals surface area contributed by atoms with Crippen LogP contribution in [0.1, 0.15) is 29.0 Å². The molecule has 0 aliphatic carbocycles. The Morgan fingerprint density at radius 1 is 0.971 bits per heavy atom. The molecule has 0 radical (unpaired) electrons. The van der Waals surface area contributed by atoms with Crippen LogP contribution in [0.3, 0.4) is 0 Å². The van der Waals surface area contributed by atoms with E-state index in [-0.39, 0.29) is 43.4 Å². The molecule has 1 aliphatic rings. The normalized spacial score (nSPS) is 15.5. The van der Waals surface area contributed by atoms with E-state index in [1.54, 1.807) is 24.3 Å². The Hall–Kier alpha value is -3.29. The Kier molecular flexibility index (Phi) is 6.07. The molecule has 0 saturated carbocycles. The number of nitrogens with zero attached hydrogens (tertiary/aromatic N) is 1. The van der Waals surface area contributed by atoms with Gasteiger partial charge >= 0.3 is 0 Å². The fraction of sp³-hybridized carbons (Fsp3) is 0.222. The first-order valence-electron chi connectivity index (χ1n) is 11.2. The van der Waals surface area contributed by atoms with Gasteiger partial charge in [-0.2, -0.15) is 0 Å². The third-order valence-electron chi connectivity index (χ3n) is 6.35. The van der Waals surface area contributed by atoms with Crippen molar-refractivity contribution in [3.63, 3.8) is 0 Å². The summed E-state index contributed by atoms with van der Waals surface area (Å²) in [7, 11) is 0. The molecule has 2 heterocycles. The maximum absolute atomic E-state index is 13.8.